The van der Waals surface area contributed by atoms with Crippen LogP contribution in [0.2, 0.25) is 0 Å². The Labute approximate surface area is 110 Å². The topological polar surface area (TPSA) is 86.9 Å². The molecule has 2 N–H and O–H groups in total. The molecule has 0 aliphatic rings. The molecule has 0 atom stereocenters. The van der Waals surface area contributed by atoms with Gasteiger partial charge in [0.05, 0.1) is 24.1 Å². The van der Waals surface area contributed by atoms with Gasteiger partial charge in [0.2, 0.25) is 5.78 Å². The second kappa shape index (κ2) is 4.43. The van der Waals surface area contributed by atoms with Gasteiger partial charge in [-0.15, -0.1) is 5.10 Å². The number of nitrogens with zero attached hydrogens (tertiary/aromatic N) is 6. The van der Waals surface area contributed by atoms with Crippen molar-refractivity contribution in [1.82, 2.24) is 29.4 Å². The van der Waals surface area contributed by atoms with E-state index in [0.29, 0.717) is 18.9 Å². The van der Waals surface area contributed by atoms with Gasteiger partial charge in [0.1, 0.15) is 0 Å². The van der Waals surface area contributed by atoms with Gasteiger partial charge < -0.3 is 5.73 Å². The molecule has 0 saturated carbocycles. The molecular weight excluding hydrogens is 242 g/mol. The van der Waals surface area contributed by atoms with Crippen molar-refractivity contribution in [3.63, 3.8) is 0 Å². The molecule has 19 heavy (non-hydrogen) atoms. The minimum absolute atomic E-state index is 0.394. The number of hydrogen-bond donors (Lipinski definition) is 1. The second-order valence-electron chi connectivity index (χ2n) is 4.55. The normalized spacial score (nSPS) is 11.3. The van der Waals surface area contributed by atoms with Crippen molar-refractivity contribution >= 4 is 5.78 Å². The van der Waals surface area contributed by atoms with Crippen molar-refractivity contribution in [2.45, 2.75) is 26.9 Å². The van der Waals surface area contributed by atoms with Crippen molar-refractivity contribution in [2.24, 2.45) is 5.73 Å². The summed E-state index contributed by atoms with van der Waals surface area (Å²) in [6.45, 7) is 4.96. The summed E-state index contributed by atoms with van der Waals surface area (Å²) >= 11 is 0. The molecule has 0 amide bonds. The maximum absolute atomic E-state index is 5.51. The lowest BCUT2D eigenvalue weighted by Gasteiger charge is -1.98. The van der Waals surface area contributed by atoms with Crippen LogP contribution in [0.4, 0.5) is 0 Å². The predicted molar refractivity (Wildman–Crippen MR) is 69.5 cm³/mol. The van der Waals surface area contributed by atoms with E-state index >= 15 is 0 Å². The van der Waals surface area contributed by atoms with Crippen LogP contribution in [0, 0.1) is 13.8 Å². The molecule has 0 radical (unpaired) electrons. The number of hydrogen-bond acceptors (Lipinski definition) is 5. The summed E-state index contributed by atoms with van der Waals surface area (Å²) in [5, 5.41) is 7.96. The highest BCUT2D eigenvalue weighted by Crippen LogP contribution is 2.09. The van der Waals surface area contributed by atoms with Gasteiger partial charge in [-0.1, -0.05) is 5.21 Å². The predicted octanol–water partition coefficient (Wildman–Crippen LogP) is 0.445. The molecule has 3 aromatic heterocycles. The number of imidazole rings is 1. The van der Waals surface area contributed by atoms with Crippen molar-refractivity contribution in [3.8, 4) is 0 Å². The lowest BCUT2D eigenvalue weighted by molar-refractivity contribution is 0.640. The molecule has 0 aromatic carbocycles. The fraction of sp³-hybridized carbons (Fsp3) is 0.333. The van der Waals surface area contributed by atoms with Crippen LogP contribution in [-0.4, -0.2) is 29.4 Å². The average molecular weight is 257 g/mol. The molecule has 0 fully saturated rings. The van der Waals surface area contributed by atoms with Gasteiger partial charge in [-0.3, -0.25) is 4.40 Å². The quantitative estimate of drug-likeness (QED) is 0.736. The molecule has 0 bridgehead atoms. The molecule has 0 unspecified atom stereocenters. The summed E-state index contributed by atoms with van der Waals surface area (Å²) in [5.74, 6) is 0.715. The first-order valence-corrected chi connectivity index (χ1v) is 6.07. The zero-order valence-corrected chi connectivity index (χ0v) is 10.9. The van der Waals surface area contributed by atoms with Gasteiger partial charge >= 0.3 is 0 Å². The van der Waals surface area contributed by atoms with E-state index in [9.17, 15) is 0 Å². The van der Waals surface area contributed by atoms with Crippen molar-refractivity contribution < 1.29 is 0 Å². The van der Waals surface area contributed by atoms with Crippen LogP contribution in [0.15, 0.2) is 18.5 Å². The Morgan fingerprint density at radius 1 is 1.16 bits per heavy atom. The maximum Gasteiger partial charge on any atom is 0.234 e. The number of fused-ring (bicyclic) bond motifs is 1. The molecule has 0 saturated heterocycles. The molecule has 7 nitrogen and oxygen atoms in total. The largest absolute Gasteiger partial charge is 0.325 e. The number of aromatic nitrogens is 6. The highest BCUT2D eigenvalue weighted by atomic mass is 15.4. The second-order valence-corrected chi connectivity index (χ2v) is 4.55. The Morgan fingerprint density at radius 3 is 2.74 bits per heavy atom. The molecule has 3 aromatic rings. The molecule has 0 aliphatic carbocycles. The monoisotopic (exact) mass is 257 g/mol. The fourth-order valence-corrected chi connectivity index (χ4v) is 2.07. The first-order valence-electron chi connectivity index (χ1n) is 6.07. The summed E-state index contributed by atoms with van der Waals surface area (Å²) in [4.78, 5) is 8.90. The van der Waals surface area contributed by atoms with E-state index in [-0.39, 0.29) is 0 Å². The summed E-state index contributed by atoms with van der Waals surface area (Å²) in [7, 11) is 0. The Kier molecular flexibility index (Phi) is 2.75. The van der Waals surface area contributed by atoms with Gasteiger partial charge in [-0.25, -0.2) is 14.6 Å². The highest BCUT2D eigenvalue weighted by Gasteiger charge is 2.07. The third-order valence-electron chi connectivity index (χ3n) is 2.93. The average Bonchev–Trinajstić information content (AvgIpc) is 2.96. The smallest absolute Gasteiger partial charge is 0.234 e. The third-order valence-corrected chi connectivity index (χ3v) is 2.93. The third kappa shape index (κ3) is 2.19. The van der Waals surface area contributed by atoms with Crippen LogP contribution in [0.5, 0.6) is 0 Å². The standard InChI is InChI=1S/C12H15N7/c1-8-3-9(2)19-7-11(15-12(19)14-8)6-18-5-10(4-13)16-17-18/h3,5,7H,4,6,13H2,1-2H3. The van der Waals surface area contributed by atoms with Crippen molar-refractivity contribution in [2.75, 3.05) is 0 Å². The van der Waals surface area contributed by atoms with Gasteiger partial charge in [0, 0.05) is 24.1 Å². The van der Waals surface area contributed by atoms with Crippen LogP contribution in [0.25, 0.3) is 5.78 Å². The van der Waals surface area contributed by atoms with Gasteiger partial charge in [-0.2, -0.15) is 0 Å². The van der Waals surface area contributed by atoms with E-state index in [1.165, 1.54) is 0 Å². The SMILES string of the molecule is Cc1cc(C)n2cc(Cn3cc(CN)nn3)nc2n1. The zero-order chi connectivity index (χ0) is 13.4. The van der Waals surface area contributed by atoms with Crippen molar-refractivity contribution in [1.29, 1.82) is 0 Å². The van der Waals surface area contributed by atoms with E-state index in [4.69, 9.17) is 5.73 Å². The first-order chi connectivity index (χ1) is 9.15. The van der Waals surface area contributed by atoms with Crippen molar-refractivity contribution in [3.05, 3.63) is 41.2 Å². The van der Waals surface area contributed by atoms with Crippen LogP contribution in [0.1, 0.15) is 22.8 Å². The van der Waals surface area contributed by atoms with Gasteiger partial charge in [0.25, 0.3) is 0 Å². The van der Waals surface area contributed by atoms with E-state index in [1.807, 2.05) is 36.7 Å². The van der Waals surface area contributed by atoms with E-state index < -0.39 is 0 Å². The van der Waals surface area contributed by atoms with Gasteiger partial charge in [-0.05, 0) is 19.9 Å². The van der Waals surface area contributed by atoms with Gasteiger partial charge in [0.15, 0.2) is 0 Å². The molecule has 7 heteroatoms. The number of rotatable bonds is 3. The molecule has 0 spiro atoms. The Hall–Kier alpha value is -2.28. The number of nitrogens with two attached hydrogens (primary N) is 1. The number of aryl methyl sites for hydroxylation is 2. The van der Waals surface area contributed by atoms with Crippen LogP contribution in [0.3, 0.4) is 0 Å². The molecule has 0 aliphatic heterocycles. The first kappa shape index (κ1) is 11.8. The molecule has 3 heterocycles. The maximum atomic E-state index is 5.51. The Bertz CT molecular complexity index is 725. The Morgan fingerprint density at radius 2 is 2.00 bits per heavy atom. The van der Waals surface area contributed by atoms with Crippen LogP contribution >= 0.6 is 0 Å². The summed E-state index contributed by atoms with van der Waals surface area (Å²) in [6.07, 6.45) is 3.80. The highest BCUT2D eigenvalue weighted by molar-refractivity contribution is 5.34. The molecular formula is C12H15N7. The van der Waals surface area contributed by atoms with E-state index in [1.54, 1.807) is 4.68 Å². The fourth-order valence-electron chi connectivity index (χ4n) is 2.07. The van der Waals surface area contributed by atoms with Crippen LogP contribution in [-0.2, 0) is 13.1 Å². The summed E-state index contributed by atoms with van der Waals surface area (Å²) in [6, 6.07) is 2.03. The minimum Gasteiger partial charge on any atom is -0.325 e. The lowest BCUT2D eigenvalue weighted by atomic mass is 10.3. The Balaban J connectivity index is 1.95. The molecule has 3 rings (SSSR count). The van der Waals surface area contributed by atoms with E-state index in [2.05, 4.69) is 20.3 Å². The zero-order valence-electron chi connectivity index (χ0n) is 10.9. The lowest BCUT2D eigenvalue weighted by Crippen LogP contribution is -2.00. The van der Waals surface area contributed by atoms with E-state index in [0.717, 1.165) is 22.8 Å². The van der Waals surface area contributed by atoms with Crippen LogP contribution < -0.4 is 5.73 Å². The molecule has 98 valence electrons. The minimum atomic E-state index is 0.394. The summed E-state index contributed by atoms with van der Waals surface area (Å²) in [5.41, 5.74) is 9.26. The summed E-state index contributed by atoms with van der Waals surface area (Å²) < 4.78 is 3.70.